The fourth-order valence-electron chi connectivity index (χ4n) is 2.39. The fraction of sp³-hybridized carbons (Fsp3) is 0.500. The minimum Gasteiger partial charge on any atom is -0.311 e. The van der Waals surface area contributed by atoms with E-state index in [0.717, 1.165) is 18.7 Å². The van der Waals surface area contributed by atoms with E-state index in [4.69, 9.17) is 0 Å². The van der Waals surface area contributed by atoms with Crippen molar-refractivity contribution in [3.8, 4) is 0 Å². The molecule has 2 heteroatoms. The smallest absolute Gasteiger partial charge is 0.237 e. The standard InChI is InChI=1S/C14H19NO/c1-5-8-15-12-7-6-10(2)9-11(12)14(3,4)13(15)16/h6-7,9H,5,8H2,1-4H3. The number of amides is 1. The molecule has 0 aromatic heterocycles. The Bertz CT molecular complexity index is 434. The average Bonchev–Trinajstić information content (AvgIpc) is 2.41. The lowest BCUT2D eigenvalue weighted by atomic mass is 9.85. The molecule has 0 atom stereocenters. The fourth-order valence-corrected chi connectivity index (χ4v) is 2.39. The second kappa shape index (κ2) is 3.62. The highest BCUT2D eigenvalue weighted by atomic mass is 16.2. The van der Waals surface area contributed by atoms with E-state index >= 15 is 0 Å². The topological polar surface area (TPSA) is 20.3 Å². The van der Waals surface area contributed by atoms with Gasteiger partial charge in [0, 0.05) is 12.2 Å². The average molecular weight is 217 g/mol. The van der Waals surface area contributed by atoms with Crippen LogP contribution in [0.4, 0.5) is 5.69 Å². The van der Waals surface area contributed by atoms with Crippen molar-refractivity contribution in [2.75, 3.05) is 11.4 Å². The molecule has 0 spiro atoms. The van der Waals surface area contributed by atoms with Crippen LogP contribution < -0.4 is 4.90 Å². The van der Waals surface area contributed by atoms with Gasteiger partial charge in [-0.2, -0.15) is 0 Å². The minimum atomic E-state index is -0.365. The number of hydrogen-bond donors (Lipinski definition) is 0. The van der Waals surface area contributed by atoms with Gasteiger partial charge in [0.15, 0.2) is 0 Å². The number of carbonyl (C=O) groups excluding carboxylic acids is 1. The van der Waals surface area contributed by atoms with Gasteiger partial charge in [-0.3, -0.25) is 4.79 Å². The van der Waals surface area contributed by atoms with Crippen LogP contribution in [0.15, 0.2) is 18.2 Å². The summed E-state index contributed by atoms with van der Waals surface area (Å²) in [5.41, 5.74) is 3.13. The van der Waals surface area contributed by atoms with Gasteiger partial charge in [-0.25, -0.2) is 0 Å². The van der Waals surface area contributed by atoms with Gasteiger partial charge < -0.3 is 4.90 Å². The Labute approximate surface area is 97.3 Å². The van der Waals surface area contributed by atoms with Crippen molar-refractivity contribution >= 4 is 11.6 Å². The molecular weight excluding hydrogens is 198 g/mol. The highest BCUT2D eigenvalue weighted by Crippen LogP contribution is 2.41. The highest BCUT2D eigenvalue weighted by Gasteiger charge is 2.43. The van der Waals surface area contributed by atoms with Crippen LogP contribution in [-0.2, 0) is 10.2 Å². The van der Waals surface area contributed by atoms with E-state index < -0.39 is 0 Å². The van der Waals surface area contributed by atoms with E-state index in [0.29, 0.717) is 0 Å². The van der Waals surface area contributed by atoms with E-state index in [9.17, 15) is 4.79 Å². The van der Waals surface area contributed by atoms with E-state index in [1.807, 2.05) is 18.7 Å². The number of benzene rings is 1. The molecule has 0 saturated carbocycles. The van der Waals surface area contributed by atoms with Gasteiger partial charge in [0.2, 0.25) is 5.91 Å². The van der Waals surface area contributed by atoms with Crippen molar-refractivity contribution in [1.82, 2.24) is 0 Å². The second-order valence-electron chi connectivity index (χ2n) is 5.10. The van der Waals surface area contributed by atoms with Gasteiger partial charge in [0.1, 0.15) is 0 Å². The molecular formula is C14H19NO. The molecule has 0 bridgehead atoms. The van der Waals surface area contributed by atoms with Crippen LogP contribution in [0.25, 0.3) is 0 Å². The van der Waals surface area contributed by atoms with Crippen LogP contribution >= 0.6 is 0 Å². The number of nitrogens with zero attached hydrogens (tertiary/aromatic N) is 1. The lowest BCUT2D eigenvalue weighted by Gasteiger charge is -2.19. The molecule has 0 fully saturated rings. The predicted octanol–water partition coefficient (Wildman–Crippen LogP) is 3.03. The zero-order valence-corrected chi connectivity index (χ0v) is 10.5. The van der Waals surface area contributed by atoms with Gasteiger partial charge in [-0.15, -0.1) is 0 Å². The molecule has 86 valence electrons. The Morgan fingerprint density at radius 2 is 2.00 bits per heavy atom. The summed E-state index contributed by atoms with van der Waals surface area (Å²) in [6.45, 7) is 9.03. The molecule has 0 N–H and O–H groups in total. The quantitative estimate of drug-likeness (QED) is 0.745. The summed E-state index contributed by atoms with van der Waals surface area (Å²) in [7, 11) is 0. The number of rotatable bonds is 2. The van der Waals surface area contributed by atoms with Crippen LogP contribution in [0, 0.1) is 6.92 Å². The number of hydrogen-bond acceptors (Lipinski definition) is 1. The normalized spacial score (nSPS) is 17.8. The molecule has 1 heterocycles. The van der Waals surface area contributed by atoms with Gasteiger partial charge in [-0.1, -0.05) is 24.6 Å². The number of anilines is 1. The van der Waals surface area contributed by atoms with Crippen molar-refractivity contribution in [3.63, 3.8) is 0 Å². The lowest BCUT2D eigenvalue weighted by Crippen LogP contribution is -2.36. The summed E-state index contributed by atoms with van der Waals surface area (Å²) >= 11 is 0. The Morgan fingerprint density at radius 3 is 2.62 bits per heavy atom. The van der Waals surface area contributed by atoms with Crippen molar-refractivity contribution in [2.24, 2.45) is 0 Å². The maximum atomic E-state index is 12.3. The first-order valence-corrected chi connectivity index (χ1v) is 5.91. The predicted molar refractivity (Wildman–Crippen MR) is 66.8 cm³/mol. The molecule has 1 amide bonds. The van der Waals surface area contributed by atoms with Gasteiger partial charge >= 0.3 is 0 Å². The van der Waals surface area contributed by atoms with Crippen molar-refractivity contribution < 1.29 is 4.79 Å². The van der Waals surface area contributed by atoms with Crippen LogP contribution in [0.3, 0.4) is 0 Å². The van der Waals surface area contributed by atoms with Crippen LogP contribution in [-0.4, -0.2) is 12.5 Å². The van der Waals surface area contributed by atoms with Crippen LogP contribution in [0.1, 0.15) is 38.3 Å². The number of aryl methyl sites for hydroxylation is 1. The molecule has 0 aliphatic carbocycles. The molecule has 1 aliphatic rings. The molecule has 16 heavy (non-hydrogen) atoms. The van der Waals surface area contributed by atoms with Crippen molar-refractivity contribution in [2.45, 2.75) is 39.5 Å². The van der Waals surface area contributed by atoms with E-state index in [1.165, 1.54) is 11.1 Å². The largest absolute Gasteiger partial charge is 0.311 e. The second-order valence-corrected chi connectivity index (χ2v) is 5.10. The van der Waals surface area contributed by atoms with E-state index in [-0.39, 0.29) is 11.3 Å². The van der Waals surface area contributed by atoms with E-state index in [1.54, 1.807) is 0 Å². The third kappa shape index (κ3) is 1.44. The van der Waals surface area contributed by atoms with Crippen molar-refractivity contribution in [1.29, 1.82) is 0 Å². The highest BCUT2D eigenvalue weighted by molar-refractivity contribution is 6.07. The third-order valence-electron chi connectivity index (χ3n) is 3.34. The SMILES string of the molecule is CCCN1C(=O)C(C)(C)c2cc(C)ccc21. The molecule has 0 unspecified atom stereocenters. The molecule has 0 radical (unpaired) electrons. The minimum absolute atomic E-state index is 0.231. The first-order chi connectivity index (χ1) is 7.48. The van der Waals surface area contributed by atoms with Gasteiger partial charge in [0.25, 0.3) is 0 Å². The molecule has 0 saturated heterocycles. The Kier molecular flexibility index (Phi) is 2.53. The summed E-state index contributed by atoms with van der Waals surface area (Å²) in [6, 6.07) is 6.30. The van der Waals surface area contributed by atoms with Crippen LogP contribution in [0.5, 0.6) is 0 Å². The number of fused-ring (bicyclic) bond motifs is 1. The first kappa shape index (κ1) is 11.2. The molecule has 1 aromatic rings. The molecule has 1 aromatic carbocycles. The summed E-state index contributed by atoms with van der Waals surface area (Å²) in [5.74, 6) is 0.231. The maximum Gasteiger partial charge on any atom is 0.237 e. The van der Waals surface area contributed by atoms with E-state index in [2.05, 4.69) is 32.0 Å². The zero-order chi connectivity index (χ0) is 11.9. The Hall–Kier alpha value is -1.31. The van der Waals surface area contributed by atoms with Crippen LogP contribution in [0.2, 0.25) is 0 Å². The lowest BCUT2D eigenvalue weighted by molar-refractivity contribution is -0.122. The Balaban J connectivity index is 2.55. The molecule has 2 nitrogen and oxygen atoms in total. The first-order valence-electron chi connectivity index (χ1n) is 5.91. The Morgan fingerprint density at radius 1 is 1.31 bits per heavy atom. The maximum absolute atomic E-state index is 12.3. The summed E-state index contributed by atoms with van der Waals surface area (Å²) in [4.78, 5) is 14.2. The zero-order valence-electron chi connectivity index (χ0n) is 10.5. The summed E-state index contributed by atoms with van der Waals surface area (Å²) < 4.78 is 0. The third-order valence-corrected chi connectivity index (χ3v) is 3.34. The van der Waals surface area contributed by atoms with Gasteiger partial charge in [0.05, 0.1) is 5.41 Å². The number of carbonyl (C=O) groups is 1. The molecule has 2 rings (SSSR count). The summed E-state index contributed by atoms with van der Waals surface area (Å²) in [6.07, 6.45) is 0.995. The van der Waals surface area contributed by atoms with Gasteiger partial charge in [-0.05, 0) is 38.8 Å². The van der Waals surface area contributed by atoms with Crippen molar-refractivity contribution in [3.05, 3.63) is 29.3 Å². The molecule has 1 aliphatic heterocycles. The summed E-state index contributed by atoms with van der Waals surface area (Å²) in [5, 5.41) is 0. The monoisotopic (exact) mass is 217 g/mol.